The van der Waals surface area contributed by atoms with Crippen molar-refractivity contribution >= 4 is 23.0 Å². The summed E-state index contributed by atoms with van der Waals surface area (Å²) < 4.78 is 27.4. The zero-order valence-electron chi connectivity index (χ0n) is 22.2. The maximum atomic E-state index is 12.8. The molecule has 38 heavy (non-hydrogen) atoms. The number of fused-ring (bicyclic) bond motifs is 1. The molecule has 11 nitrogen and oxygen atoms in total. The third-order valence-electron chi connectivity index (χ3n) is 5.34. The first-order chi connectivity index (χ1) is 17.7. The van der Waals surface area contributed by atoms with Gasteiger partial charge in [0.15, 0.2) is 16.9 Å². The van der Waals surface area contributed by atoms with Crippen molar-refractivity contribution in [2.45, 2.75) is 46.3 Å². The van der Waals surface area contributed by atoms with Crippen molar-refractivity contribution in [1.29, 1.82) is 0 Å². The minimum absolute atomic E-state index is 0.0375. The zero-order chi connectivity index (χ0) is 28.4. The quantitative estimate of drug-likeness (QED) is 0.377. The Morgan fingerprint density at radius 1 is 0.974 bits per heavy atom. The van der Waals surface area contributed by atoms with Crippen molar-refractivity contribution in [3.8, 4) is 40.1 Å². The molecule has 2 aromatic carbocycles. The lowest BCUT2D eigenvalue weighted by Gasteiger charge is -2.26. The number of carbonyl (C=O) groups excluding carboxylic acids is 2. The van der Waals surface area contributed by atoms with Crippen LogP contribution in [0.25, 0.3) is 22.3 Å². The Labute approximate surface area is 218 Å². The van der Waals surface area contributed by atoms with Gasteiger partial charge < -0.3 is 38.9 Å². The molecule has 11 heteroatoms. The van der Waals surface area contributed by atoms with Gasteiger partial charge in [0.2, 0.25) is 5.75 Å². The summed E-state index contributed by atoms with van der Waals surface area (Å²) in [5.74, 6) is -1.49. The Kier molecular flexibility index (Phi) is 8.09. The molecule has 1 aromatic heterocycles. The molecule has 0 aliphatic carbocycles. The number of hydrogen-bond acceptors (Lipinski definition) is 10. The monoisotopic (exact) mass is 529 g/mol. The van der Waals surface area contributed by atoms with E-state index in [1.165, 1.54) is 32.4 Å². The molecule has 0 fully saturated rings. The Bertz CT molecular complexity index is 1390. The number of hydrogen-bond donors (Lipinski definition) is 3. The number of esters is 1. The first-order valence-corrected chi connectivity index (χ1v) is 11.7. The normalized spacial score (nSPS) is 12.2. The largest absolute Gasteiger partial charge is 0.508 e. The van der Waals surface area contributed by atoms with Crippen LogP contribution in [0.4, 0.5) is 4.79 Å². The van der Waals surface area contributed by atoms with E-state index in [0.29, 0.717) is 5.56 Å². The number of methoxy groups -OCH3 is 2. The van der Waals surface area contributed by atoms with Gasteiger partial charge in [-0.3, -0.25) is 4.79 Å². The summed E-state index contributed by atoms with van der Waals surface area (Å²) in [6.45, 7) is 8.67. The van der Waals surface area contributed by atoms with Gasteiger partial charge in [-0.05, 0) is 38.8 Å². The van der Waals surface area contributed by atoms with Gasteiger partial charge in [0.1, 0.15) is 39.9 Å². The summed E-state index contributed by atoms with van der Waals surface area (Å²) in [7, 11) is 2.68. The predicted octanol–water partition coefficient (Wildman–Crippen LogP) is 4.34. The highest BCUT2D eigenvalue weighted by Gasteiger charge is 2.30. The van der Waals surface area contributed by atoms with Gasteiger partial charge in [-0.2, -0.15) is 0 Å². The van der Waals surface area contributed by atoms with Crippen LogP contribution >= 0.6 is 0 Å². The van der Waals surface area contributed by atoms with Crippen LogP contribution in [-0.4, -0.2) is 48.1 Å². The number of carbonyl (C=O) groups is 2. The van der Waals surface area contributed by atoms with Crippen LogP contribution < -0.4 is 25.0 Å². The van der Waals surface area contributed by atoms with Crippen molar-refractivity contribution < 1.29 is 43.2 Å². The lowest BCUT2D eigenvalue weighted by atomic mass is 10.0. The van der Waals surface area contributed by atoms with Crippen molar-refractivity contribution in [1.82, 2.24) is 5.32 Å². The van der Waals surface area contributed by atoms with E-state index in [1.807, 2.05) is 0 Å². The molecule has 1 amide bonds. The molecule has 0 saturated heterocycles. The van der Waals surface area contributed by atoms with E-state index in [1.54, 1.807) is 34.6 Å². The minimum atomic E-state index is -0.974. The second-order valence-electron chi connectivity index (χ2n) is 9.81. The molecule has 1 atom stereocenters. The van der Waals surface area contributed by atoms with Gasteiger partial charge >= 0.3 is 12.1 Å². The number of rotatable bonds is 7. The Balaban J connectivity index is 1.97. The summed E-state index contributed by atoms with van der Waals surface area (Å²) in [6, 6.07) is 5.32. The molecular formula is C27H31NO10. The molecule has 0 aliphatic rings. The van der Waals surface area contributed by atoms with Gasteiger partial charge in [-0.15, -0.1) is 0 Å². The van der Waals surface area contributed by atoms with Crippen LogP contribution in [0.5, 0.6) is 28.7 Å². The lowest BCUT2D eigenvalue weighted by molar-refractivity contribution is -0.158. The fraction of sp³-hybridized carbons (Fsp3) is 0.370. The first kappa shape index (κ1) is 28.2. The second-order valence-corrected chi connectivity index (χ2v) is 9.81. The number of ether oxygens (including phenoxy) is 4. The van der Waals surface area contributed by atoms with E-state index in [-0.39, 0.29) is 45.6 Å². The Morgan fingerprint density at radius 3 is 2.11 bits per heavy atom. The average molecular weight is 530 g/mol. The summed E-state index contributed by atoms with van der Waals surface area (Å²) in [5.41, 5.74) is -1.00. The van der Waals surface area contributed by atoms with E-state index in [2.05, 4.69) is 5.32 Å². The number of phenolic OH excluding ortho intramolecular Hbond substituents is 2. The van der Waals surface area contributed by atoms with E-state index in [0.717, 1.165) is 12.1 Å². The topological polar surface area (TPSA) is 154 Å². The van der Waals surface area contributed by atoms with Crippen LogP contribution in [0, 0.1) is 5.92 Å². The van der Waals surface area contributed by atoms with Gasteiger partial charge in [0.05, 0.1) is 14.2 Å². The summed E-state index contributed by atoms with van der Waals surface area (Å²) in [5, 5.41) is 22.2. The van der Waals surface area contributed by atoms with Crippen molar-refractivity contribution in [3.63, 3.8) is 0 Å². The maximum absolute atomic E-state index is 12.8. The molecule has 3 rings (SSSR count). The summed E-state index contributed by atoms with van der Waals surface area (Å²) in [6.07, 6.45) is -0.943. The number of aromatic hydroxyl groups is 2. The Hall–Kier alpha value is -4.41. The molecule has 204 valence electrons. The van der Waals surface area contributed by atoms with E-state index in [4.69, 9.17) is 23.4 Å². The van der Waals surface area contributed by atoms with E-state index >= 15 is 0 Å². The highest BCUT2D eigenvalue weighted by Crippen LogP contribution is 2.42. The zero-order valence-corrected chi connectivity index (χ0v) is 22.2. The molecule has 0 unspecified atom stereocenters. The molecule has 1 heterocycles. The van der Waals surface area contributed by atoms with E-state index in [9.17, 15) is 24.6 Å². The maximum Gasteiger partial charge on any atom is 0.413 e. The predicted molar refractivity (Wildman–Crippen MR) is 138 cm³/mol. The molecule has 0 radical (unpaired) electrons. The molecule has 0 saturated carbocycles. The standard InChI is InChI=1S/C27H31NO10/c1-13(2)23(25(32)38-27(3,4)5)28-26(33)37-24-20(34-6)8-14(9-21(24)35-7)18-12-17(31)22-16(30)10-15(29)11-19(22)36-18/h8-13,23,29-30H,1-7H3,(H,28,33)/t23-/m0/s1. The fourth-order valence-corrected chi connectivity index (χ4v) is 3.63. The molecule has 3 aromatic rings. The number of benzene rings is 2. The second kappa shape index (κ2) is 10.9. The van der Waals surface area contributed by atoms with Gasteiger partial charge in [-0.25, -0.2) is 9.59 Å². The highest BCUT2D eigenvalue weighted by molar-refractivity contribution is 5.86. The van der Waals surface area contributed by atoms with Crippen LogP contribution in [0.15, 0.2) is 39.5 Å². The van der Waals surface area contributed by atoms with E-state index < -0.39 is 34.9 Å². The van der Waals surface area contributed by atoms with Crippen molar-refractivity contribution in [3.05, 3.63) is 40.6 Å². The molecule has 0 spiro atoms. The molecule has 0 aliphatic heterocycles. The summed E-state index contributed by atoms with van der Waals surface area (Å²) >= 11 is 0. The third kappa shape index (κ3) is 6.28. The molecular weight excluding hydrogens is 498 g/mol. The Morgan fingerprint density at radius 2 is 1.58 bits per heavy atom. The van der Waals surface area contributed by atoms with Crippen LogP contribution in [0.2, 0.25) is 0 Å². The van der Waals surface area contributed by atoms with Crippen molar-refractivity contribution in [2.24, 2.45) is 5.92 Å². The van der Waals surface area contributed by atoms with Crippen LogP contribution in [0.1, 0.15) is 34.6 Å². The SMILES string of the molecule is COc1cc(-c2cc(=O)c3c(O)cc(O)cc3o2)cc(OC)c1OC(=O)N[C@H](C(=O)OC(C)(C)C)C(C)C. The molecule has 3 N–H and O–H groups in total. The highest BCUT2D eigenvalue weighted by atomic mass is 16.6. The average Bonchev–Trinajstić information content (AvgIpc) is 2.80. The van der Waals surface area contributed by atoms with Crippen LogP contribution in [-0.2, 0) is 9.53 Å². The smallest absolute Gasteiger partial charge is 0.413 e. The minimum Gasteiger partial charge on any atom is -0.508 e. The van der Waals surface area contributed by atoms with Crippen molar-refractivity contribution in [2.75, 3.05) is 14.2 Å². The van der Waals surface area contributed by atoms with Gasteiger partial charge in [0.25, 0.3) is 0 Å². The first-order valence-electron chi connectivity index (χ1n) is 11.7. The van der Waals surface area contributed by atoms with Gasteiger partial charge in [-0.1, -0.05) is 13.8 Å². The van der Waals surface area contributed by atoms with Crippen LogP contribution in [0.3, 0.4) is 0 Å². The third-order valence-corrected chi connectivity index (χ3v) is 5.34. The number of nitrogens with one attached hydrogen (secondary N) is 1. The molecule has 0 bridgehead atoms. The number of amides is 1. The summed E-state index contributed by atoms with van der Waals surface area (Å²) in [4.78, 5) is 38.0. The fourth-order valence-electron chi connectivity index (χ4n) is 3.63. The number of phenols is 2. The van der Waals surface area contributed by atoms with Gasteiger partial charge in [0, 0.05) is 23.8 Å². The lowest BCUT2D eigenvalue weighted by Crippen LogP contribution is -2.48.